The lowest BCUT2D eigenvalue weighted by Gasteiger charge is -2.25. The number of rotatable bonds is 2. The van der Waals surface area contributed by atoms with Gasteiger partial charge in [-0.1, -0.05) is 31.9 Å². The Labute approximate surface area is 65.3 Å². The molecular formula is C10H20. The third-order valence-corrected chi connectivity index (χ3v) is 2.65. The normalized spacial score (nSPS) is 11.4. The highest BCUT2D eigenvalue weighted by Crippen LogP contribution is 2.31. The molecule has 0 aromatic carbocycles. The summed E-state index contributed by atoms with van der Waals surface area (Å²) in [5, 5.41) is 0. The van der Waals surface area contributed by atoms with Crippen molar-refractivity contribution in [2.45, 2.75) is 48.0 Å². The van der Waals surface area contributed by atoms with Gasteiger partial charge in [-0.15, -0.1) is 0 Å². The summed E-state index contributed by atoms with van der Waals surface area (Å²) < 4.78 is 0. The van der Waals surface area contributed by atoms with E-state index in [4.69, 9.17) is 0 Å². The van der Waals surface area contributed by atoms with Crippen LogP contribution in [-0.4, -0.2) is 0 Å². The quantitative estimate of drug-likeness (QED) is 0.512. The molecular weight excluding hydrogens is 120 g/mol. The van der Waals surface area contributed by atoms with Crippen molar-refractivity contribution in [2.24, 2.45) is 5.41 Å². The summed E-state index contributed by atoms with van der Waals surface area (Å²) in [5.74, 6) is 0. The van der Waals surface area contributed by atoms with Gasteiger partial charge in [0.2, 0.25) is 0 Å². The van der Waals surface area contributed by atoms with Gasteiger partial charge in [-0.05, 0) is 32.6 Å². The van der Waals surface area contributed by atoms with Crippen LogP contribution in [0.5, 0.6) is 0 Å². The molecule has 0 bridgehead atoms. The van der Waals surface area contributed by atoms with Gasteiger partial charge in [0.05, 0.1) is 0 Å². The molecule has 10 heavy (non-hydrogen) atoms. The predicted molar refractivity (Wildman–Crippen MR) is 48.1 cm³/mol. The molecule has 0 rings (SSSR count). The van der Waals surface area contributed by atoms with E-state index in [-0.39, 0.29) is 0 Å². The second-order valence-electron chi connectivity index (χ2n) is 3.86. The molecule has 0 amide bonds. The largest absolute Gasteiger partial charge is 0.0770 e. The van der Waals surface area contributed by atoms with Crippen LogP contribution in [0.2, 0.25) is 0 Å². The summed E-state index contributed by atoms with van der Waals surface area (Å²) in [6, 6.07) is 0. The second kappa shape index (κ2) is 3.23. The van der Waals surface area contributed by atoms with Crippen molar-refractivity contribution < 1.29 is 0 Å². The number of hydrogen-bond acceptors (Lipinski definition) is 0. The smallest absolute Gasteiger partial charge is 0.0148 e. The highest BCUT2D eigenvalue weighted by molar-refractivity contribution is 5.14. The first-order valence-electron chi connectivity index (χ1n) is 4.06. The zero-order valence-corrected chi connectivity index (χ0v) is 8.21. The van der Waals surface area contributed by atoms with Crippen LogP contribution in [0.25, 0.3) is 0 Å². The Hall–Kier alpha value is -0.260. The molecule has 0 spiro atoms. The molecule has 0 aliphatic carbocycles. The molecule has 0 aromatic heterocycles. The molecule has 0 radical (unpaired) electrons. The van der Waals surface area contributed by atoms with Gasteiger partial charge in [-0.2, -0.15) is 0 Å². The van der Waals surface area contributed by atoms with E-state index in [1.807, 2.05) is 0 Å². The van der Waals surface area contributed by atoms with Crippen LogP contribution in [-0.2, 0) is 0 Å². The first kappa shape index (κ1) is 9.74. The molecule has 0 N–H and O–H groups in total. The summed E-state index contributed by atoms with van der Waals surface area (Å²) in [6.45, 7) is 13.5. The van der Waals surface area contributed by atoms with Gasteiger partial charge in [0.15, 0.2) is 0 Å². The minimum atomic E-state index is 0.402. The predicted octanol–water partition coefficient (Wildman–Crippen LogP) is 3.78. The van der Waals surface area contributed by atoms with Crippen LogP contribution < -0.4 is 0 Å². The van der Waals surface area contributed by atoms with Gasteiger partial charge in [-0.25, -0.2) is 0 Å². The molecule has 0 saturated carbocycles. The summed E-state index contributed by atoms with van der Waals surface area (Å²) >= 11 is 0. The molecule has 0 atom stereocenters. The highest BCUT2D eigenvalue weighted by Gasteiger charge is 2.17. The zero-order chi connectivity index (χ0) is 8.36. The molecule has 60 valence electrons. The van der Waals surface area contributed by atoms with E-state index >= 15 is 0 Å². The SMILES string of the molecule is CCC(C)(C)C(C)=C(C)C. The van der Waals surface area contributed by atoms with Gasteiger partial charge in [-0.3, -0.25) is 0 Å². The molecule has 0 aromatic rings. The topological polar surface area (TPSA) is 0 Å². The Morgan fingerprint density at radius 3 is 1.60 bits per heavy atom. The van der Waals surface area contributed by atoms with Crippen molar-refractivity contribution in [3.8, 4) is 0 Å². The summed E-state index contributed by atoms with van der Waals surface area (Å²) in [4.78, 5) is 0. The van der Waals surface area contributed by atoms with E-state index in [0.29, 0.717) is 5.41 Å². The van der Waals surface area contributed by atoms with Crippen LogP contribution >= 0.6 is 0 Å². The van der Waals surface area contributed by atoms with Gasteiger partial charge in [0.1, 0.15) is 0 Å². The maximum atomic E-state index is 2.30. The first-order valence-corrected chi connectivity index (χ1v) is 4.06. The lowest BCUT2D eigenvalue weighted by molar-refractivity contribution is 0.425. The molecule has 0 saturated heterocycles. The third-order valence-electron chi connectivity index (χ3n) is 2.65. The monoisotopic (exact) mass is 140 g/mol. The Morgan fingerprint density at radius 2 is 1.50 bits per heavy atom. The van der Waals surface area contributed by atoms with Crippen molar-refractivity contribution in [1.29, 1.82) is 0 Å². The van der Waals surface area contributed by atoms with E-state index < -0.39 is 0 Å². The molecule has 0 aliphatic rings. The Kier molecular flexibility index (Phi) is 3.14. The van der Waals surface area contributed by atoms with E-state index in [2.05, 4.69) is 41.5 Å². The maximum Gasteiger partial charge on any atom is -0.0148 e. The first-order chi connectivity index (χ1) is 4.41. The van der Waals surface area contributed by atoms with Crippen molar-refractivity contribution in [1.82, 2.24) is 0 Å². The fraction of sp³-hybridized carbons (Fsp3) is 0.800. The standard InChI is InChI=1S/C10H20/c1-7-10(5,6)9(4)8(2)3/h7H2,1-6H3. The maximum absolute atomic E-state index is 2.30. The summed E-state index contributed by atoms with van der Waals surface area (Å²) in [6.07, 6.45) is 1.23. The highest BCUT2D eigenvalue weighted by atomic mass is 14.2. The number of allylic oxidation sites excluding steroid dienone is 2. The van der Waals surface area contributed by atoms with Crippen LogP contribution in [0, 0.1) is 5.41 Å². The van der Waals surface area contributed by atoms with Crippen LogP contribution in [0.4, 0.5) is 0 Å². The van der Waals surface area contributed by atoms with Gasteiger partial charge in [0.25, 0.3) is 0 Å². The molecule has 0 unspecified atom stereocenters. The molecule has 0 heterocycles. The fourth-order valence-electron chi connectivity index (χ4n) is 0.942. The minimum Gasteiger partial charge on any atom is -0.0770 e. The van der Waals surface area contributed by atoms with E-state index in [1.165, 1.54) is 17.6 Å². The van der Waals surface area contributed by atoms with Crippen LogP contribution in [0.15, 0.2) is 11.1 Å². The average Bonchev–Trinajstić information content (AvgIpc) is 1.86. The van der Waals surface area contributed by atoms with E-state index in [9.17, 15) is 0 Å². The minimum absolute atomic E-state index is 0.402. The van der Waals surface area contributed by atoms with Crippen LogP contribution in [0.1, 0.15) is 48.0 Å². The van der Waals surface area contributed by atoms with Crippen molar-refractivity contribution >= 4 is 0 Å². The molecule has 0 aliphatic heterocycles. The van der Waals surface area contributed by atoms with Crippen LogP contribution in [0.3, 0.4) is 0 Å². The summed E-state index contributed by atoms with van der Waals surface area (Å²) in [5.41, 5.74) is 3.40. The van der Waals surface area contributed by atoms with Crippen molar-refractivity contribution in [3.63, 3.8) is 0 Å². The van der Waals surface area contributed by atoms with Gasteiger partial charge >= 0.3 is 0 Å². The molecule has 0 nitrogen and oxygen atoms in total. The zero-order valence-electron chi connectivity index (χ0n) is 8.21. The molecule has 0 fully saturated rings. The second-order valence-corrected chi connectivity index (χ2v) is 3.86. The average molecular weight is 140 g/mol. The van der Waals surface area contributed by atoms with Crippen molar-refractivity contribution in [3.05, 3.63) is 11.1 Å². The van der Waals surface area contributed by atoms with E-state index in [0.717, 1.165) is 0 Å². The fourth-order valence-corrected chi connectivity index (χ4v) is 0.942. The number of hydrogen-bond donors (Lipinski definition) is 0. The van der Waals surface area contributed by atoms with E-state index in [1.54, 1.807) is 0 Å². The van der Waals surface area contributed by atoms with Gasteiger partial charge in [0, 0.05) is 0 Å². The Morgan fingerprint density at radius 1 is 1.10 bits per heavy atom. The van der Waals surface area contributed by atoms with Crippen molar-refractivity contribution in [2.75, 3.05) is 0 Å². The third kappa shape index (κ3) is 2.17. The summed E-state index contributed by atoms with van der Waals surface area (Å²) in [7, 11) is 0. The lowest BCUT2D eigenvalue weighted by Crippen LogP contribution is -2.11. The Balaban J connectivity index is 4.49. The van der Waals surface area contributed by atoms with Gasteiger partial charge < -0.3 is 0 Å². The Bertz CT molecular complexity index is 134. The lowest BCUT2D eigenvalue weighted by atomic mass is 9.81. The molecule has 0 heteroatoms.